The first kappa shape index (κ1) is 32.1. The highest BCUT2D eigenvalue weighted by Crippen LogP contribution is 2.64. The Morgan fingerprint density at radius 1 is 0.750 bits per heavy atom. The molecule has 1 heterocycles. The lowest BCUT2D eigenvalue weighted by Gasteiger charge is -2.55. The summed E-state index contributed by atoms with van der Waals surface area (Å²) in [7, 11) is 0. The first-order valence-corrected chi connectivity index (χ1v) is 18.1. The number of phenols is 1. The average Bonchev–Trinajstić information content (AvgIpc) is 3.45. The molecule has 1 aliphatic heterocycles. The maximum absolute atomic E-state index is 15.3. The van der Waals surface area contributed by atoms with Crippen molar-refractivity contribution in [2.45, 2.75) is 37.5 Å². The molecule has 5 aromatic rings. The van der Waals surface area contributed by atoms with Gasteiger partial charge in [0.05, 0.1) is 22.9 Å². The third-order valence-electron chi connectivity index (χ3n) is 12.2. The van der Waals surface area contributed by atoms with E-state index in [1.165, 1.54) is 11.0 Å². The summed E-state index contributed by atoms with van der Waals surface area (Å²) in [6.07, 6.45) is 4.91. The van der Waals surface area contributed by atoms with Gasteiger partial charge < -0.3 is 5.11 Å². The minimum absolute atomic E-state index is 0.0466. The maximum Gasteiger partial charge on any atom is 0.238 e. The highest BCUT2D eigenvalue weighted by molar-refractivity contribution is 6.32. The van der Waals surface area contributed by atoms with Gasteiger partial charge in [0.1, 0.15) is 5.75 Å². The van der Waals surface area contributed by atoms with E-state index < -0.39 is 35.0 Å². The molecular formula is C46H37NO5. The van der Waals surface area contributed by atoms with Gasteiger partial charge in [0.25, 0.3) is 0 Å². The van der Waals surface area contributed by atoms with Gasteiger partial charge in [-0.1, -0.05) is 128 Å². The van der Waals surface area contributed by atoms with Crippen LogP contribution in [0.1, 0.15) is 47.9 Å². The summed E-state index contributed by atoms with van der Waals surface area (Å²) in [5.41, 5.74) is 3.28. The molecule has 4 aliphatic rings. The molecule has 0 bridgehead atoms. The van der Waals surface area contributed by atoms with Gasteiger partial charge in [0.2, 0.25) is 11.8 Å². The van der Waals surface area contributed by atoms with Gasteiger partial charge in [0, 0.05) is 28.4 Å². The van der Waals surface area contributed by atoms with Crippen molar-refractivity contribution in [3.05, 3.63) is 161 Å². The second-order valence-corrected chi connectivity index (χ2v) is 14.5. The van der Waals surface area contributed by atoms with Crippen molar-refractivity contribution in [1.29, 1.82) is 0 Å². The third kappa shape index (κ3) is 4.49. The molecule has 52 heavy (non-hydrogen) atoms. The van der Waals surface area contributed by atoms with Crippen molar-refractivity contribution in [2.24, 2.45) is 23.7 Å². The fourth-order valence-corrected chi connectivity index (χ4v) is 9.86. The van der Waals surface area contributed by atoms with Gasteiger partial charge in [-0.3, -0.25) is 24.1 Å². The van der Waals surface area contributed by atoms with Crippen LogP contribution in [0.25, 0.3) is 16.3 Å². The number of imide groups is 1. The molecule has 1 N–H and O–H groups in total. The molecule has 0 aromatic heterocycles. The van der Waals surface area contributed by atoms with Crippen molar-refractivity contribution >= 4 is 45.4 Å². The summed E-state index contributed by atoms with van der Waals surface area (Å²) < 4.78 is 0. The van der Waals surface area contributed by atoms with Crippen molar-refractivity contribution in [2.75, 3.05) is 4.90 Å². The minimum atomic E-state index is -1.41. The summed E-state index contributed by atoms with van der Waals surface area (Å²) in [5.74, 6) is -4.35. The largest absolute Gasteiger partial charge is 0.507 e. The Hall–Kier alpha value is -5.88. The van der Waals surface area contributed by atoms with Crippen LogP contribution >= 0.6 is 0 Å². The van der Waals surface area contributed by atoms with E-state index in [9.17, 15) is 14.7 Å². The van der Waals surface area contributed by atoms with E-state index >= 15 is 9.59 Å². The molecule has 256 valence electrons. The van der Waals surface area contributed by atoms with Gasteiger partial charge in [0.15, 0.2) is 11.6 Å². The number of aromatic hydroxyl groups is 1. The molecule has 0 radical (unpaired) electrons. The van der Waals surface area contributed by atoms with Gasteiger partial charge >= 0.3 is 0 Å². The fraction of sp³-hybridized carbons (Fsp3) is 0.217. The lowest BCUT2D eigenvalue weighted by molar-refractivity contribution is -0.135. The molecule has 1 saturated heterocycles. The van der Waals surface area contributed by atoms with Crippen LogP contribution in [0.15, 0.2) is 139 Å². The van der Waals surface area contributed by atoms with Gasteiger partial charge in [-0.25, -0.2) is 0 Å². The van der Waals surface area contributed by atoms with Gasteiger partial charge in [-0.15, -0.1) is 0 Å². The normalized spacial score (nSPS) is 26.8. The van der Waals surface area contributed by atoms with Crippen LogP contribution in [0.5, 0.6) is 5.75 Å². The molecule has 1 saturated carbocycles. The number of carbonyl (C=O) groups is 4. The van der Waals surface area contributed by atoms with E-state index in [-0.39, 0.29) is 35.6 Å². The first-order chi connectivity index (χ1) is 25.3. The Bertz CT molecular complexity index is 2360. The Balaban J connectivity index is 1.28. The number of aryl methyl sites for hydroxylation is 1. The second-order valence-electron chi connectivity index (χ2n) is 14.5. The highest BCUT2D eigenvalue weighted by atomic mass is 16.3. The predicted octanol–water partition coefficient (Wildman–Crippen LogP) is 8.14. The Kier molecular flexibility index (Phi) is 7.47. The smallest absolute Gasteiger partial charge is 0.238 e. The molecule has 2 fully saturated rings. The van der Waals surface area contributed by atoms with Crippen LogP contribution in [0.3, 0.4) is 0 Å². The van der Waals surface area contributed by atoms with E-state index in [0.29, 0.717) is 39.8 Å². The van der Waals surface area contributed by atoms with E-state index in [4.69, 9.17) is 0 Å². The molecule has 0 unspecified atom stereocenters. The summed E-state index contributed by atoms with van der Waals surface area (Å²) >= 11 is 0. The lowest BCUT2D eigenvalue weighted by atomic mass is 9.44. The number of nitrogens with zero attached hydrogens (tertiary/aromatic N) is 1. The zero-order chi connectivity index (χ0) is 35.7. The predicted molar refractivity (Wildman–Crippen MR) is 200 cm³/mol. The molecule has 6 heteroatoms. The number of allylic oxidation sites excluding steroid dienone is 4. The summed E-state index contributed by atoms with van der Waals surface area (Å²) in [6, 6.07) is 37.6. The quantitative estimate of drug-likeness (QED) is 0.149. The summed E-state index contributed by atoms with van der Waals surface area (Å²) in [6.45, 7) is 2.06. The Morgan fingerprint density at radius 3 is 2.17 bits per heavy atom. The van der Waals surface area contributed by atoms with Crippen molar-refractivity contribution in [1.82, 2.24) is 0 Å². The van der Waals surface area contributed by atoms with Gasteiger partial charge in [-0.2, -0.15) is 0 Å². The highest BCUT2D eigenvalue weighted by Gasteiger charge is 2.66. The average molecular weight is 684 g/mol. The third-order valence-corrected chi connectivity index (χ3v) is 12.2. The van der Waals surface area contributed by atoms with Crippen molar-refractivity contribution in [3.63, 3.8) is 0 Å². The maximum atomic E-state index is 15.3. The number of carbonyl (C=O) groups excluding carboxylic acids is 4. The summed E-state index contributed by atoms with van der Waals surface area (Å²) in [5, 5.41) is 13.7. The Morgan fingerprint density at radius 2 is 1.44 bits per heavy atom. The molecule has 6 atom stereocenters. The number of Topliss-reactive ketones (excluding diaryl/α,β-unsaturated/α-hetero) is 1. The molecule has 6 nitrogen and oxygen atoms in total. The van der Waals surface area contributed by atoms with Crippen LogP contribution in [0, 0.1) is 23.7 Å². The van der Waals surface area contributed by atoms with Crippen molar-refractivity contribution in [3.8, 4) is 5.75 Å². The molecule has 0 spiro atoms. The van der Waals surface area contributed by atoms with E-state index in [2.05, 4.69) is 6.92 Å². The fourth-order valence-electron chi connectivity index (χ4n) is 9.86. The number of benzene rings is 5. The first-order valence-electron chi connectivity index (χ1n) is 18.1. The second kappa shape index (κ2) is 12.1. The number of phenolic OH excluding ortho intramolecular Hbond substituents is 1. The van der Waals surface area contributed by atoms with Crippen LogP contribution in [-0.4, -0.2) is 28.5 Å². The number of hydrogen-bond acceptors (Lipinski definition) is 5. The lowest BCUT2D eigenvalue weighted by Crippen LogP contribution is -2.58. The monoisotopic (exact) mass is 683 g/mol. The van der Waals surface area contributed by atoms with E-state index in [1.807, 2.05) is 127 Å². The number of rotatable bonds is 5. The van der Waals surface area contributed by atoms with E-state index in [1.54, 1.807) is 0 Å². The zero-order valence-corrected chi connectivity index (χ0v) is 28.7. The van der Waals surface area contributed by atoms with Crippen molar-refractivity contribution < 1.29 is 24.3 Å². The molecular weight excluding hydrogens is 647 g/mol. The minimum Gasteiger partial charge on any atom is -0.507 e. The number of hydrogen-bond donors (Lipinski definition) is 1. The number of anilines is 1. The Labute approximate surface area is 302 Å². The van der Waals surface area contributed by atoms with Gasteiger partial charge in [-0.05, 0) is 65.5 Å². The summed E-state index contributed by atoms with van der Waals surface area (Å²) in [4.78, 5) is 60.6. The van der Waals surface area contributed by atoms with Crippen LogP contribution in [-0.2, 0) is 31.0 Å². The number of ketones is 2. The van der Waals surface area contributed by atoms with E-state index in [0.717, 1.165) is 22.9 Å². The number of fused-ring (bicyclic) bond motifs is 5. The van der Waals surface area contributed by atoms with Crippen LogP contribution in [0.4, 0.5) is 5.69 Å². The van der Waals surface area contributed by atoms with Crippen LogP contribution in [0.2, 0.25) is 0 Å². The molecule has 2 amide bonds. The number of amides is 2. The standard InChI is InChI=1S/C46H37NO5/c1-2-27-17-20-31(21-18-27)47-44(51)34-24-23-33-37(40(34)45(47)52)25-38-43(50)36(28-11-5-3-6-12-28)26-39(48)46(38,30-14-7-4-8-15-30)41(33)35-22-19-29-13-9-10-16-32(29)42(35)49/h3-23,26,34,37-38,40-41,49H,2,24-25H2,1H3/t34-,37+,38-,40-,41+,46-/m0/s1. The zero-order valence-electron chi connectivity index (χ0n) is 28.7. The van der Waals surface area contributed by atoms with Crippen LogP contribution < -0.4 is 4.90 Å². The SMILES string of the molecule is CCc1ccc(N2C(=O)[C@H]3[C@H](CC=C4[C@H]3C[C@H]3C(=O)C(c5ccccc5)=CC(=O)[C@@]3(c3ccccc3)[C@H]4c3ccc4ccccc4c3O)C2=O)cc1. The topological polar surface area (TPSA) is 91.8 Å². The molecule has 5 aromatic carbocycles. The molecule has 3 aliphatic carbocycles. The molecule has 9 rings (SSSR count).